The Morgan fingerprint density at radius 3 is 3.00 bits per heavy atom. The molecule has 0 amide bonds. The van der Waals surface area contributed by atoms with Crippen molar-refractivity contribution >= 4 is 16.3 Å². The molecule has 1 atom stereocenters. The Morgan fingerprint density at radius 2 is 2.23 bits per heavy atom. The van der Waals surface area contributed by atoms with E-state index in [0.29, 0.717) is 6.42 Å². The van der Waals surface area contributed by atoms with Crippen LogP contribution in [-0.4, -0.2) is 14.4 Å². The predicted octanol–water partition coefficient (Wildman–Crippen LogP) is 3.65. The first kappa shape index (κ1) is 13.5. The molecule has 0 aliphatic heterocycles. The van der Waals surface area contributed by atoms with E-state index in [-0.39, 0.29) is 0 Å². The van der Waals surface area contributed by atoms with Crippen LogP contribution in [0.15, 0.2) is 24.5 Å². The Balaban J connectivity index is 1.95. The number of hydrogen-bond donors (Lipinski definition) is 0. The highest BCUT2D eigenvalue weighted by Gasteiger charge is 2.25. The molecule has 110 valence electrons. The van der Waals surface area contributed by atoms with Gasteiger partial charge in [-0.1, -0.05) is 6.92 Å². The number of fused-ring (bicyclic) bond motifs is 3. The summed E-state index contributed by atoms with van der Waals surface area (Å²) in [6.07, 6.45) is 7.37. The van der Waals surface area contributed by atoms with Crippen molar-refractivity contribution in [2.75, 3.05) is 0 Å². The van der Waals surface area contributed by atoms with Crippen LogP contribution >= 0.6 is 11.3 Å². The first-order chi connectivity index (χ1) is 10.8. The van der Waals surface area contributed by atoms with Crippen molar-refractivity contribution in [1.82, 2.24) is 14.4 Å². The van der Waals surface area contributed by atoms with Gasteiger partial charge in [0.15, 0.2) is 4.96 Å². The molecule has 0 fully saturated rings. The van der Waals surface area contributed by atoms with Gasteiger partial charge < -0.3 is 0 Å². The molecular weight excluding hydrogens is 292 g/mol. The van der Waals surface area contributed by atoms with Crippen LogP contribution in [0.25, 0.3) is 16.2 Å². The second kappa shape index (κ2) is 5.22. The van der Waals surface area contributed by atoms with Crippen molar-refractivity contribution in [3.63, 3.8) is 0 Å². The third-order valence-corrected chi connectivity index (χ3v) is 5.46. The molecule has 0 radical (unpaired) electrons. The van der Waals surface area contributed by atoms with Crippen LogP contribution in [0.2, 0.25) is 0 Å². The van der Waals surface area contributed by atoms with Gasteiger partial charge in [-0.15, -0.1) is 11.3 Å². The summed E-state index contributed by atoms with van der Waals surface area (Å²) in [4.78, 5) is 11.4. The van der Waals surface area contributed by atoms with E-state index in [1.54, 1.807) is 23.7 Å². The summed E-state index contributed by atoms with van der Waals surface area (Å²) < 4.78 is 2.24. The van der Waals surface area contributed by atoms with Crippen LogP contribution in [0, 0.1) is 17.2 Å². The molecule has 5 heteroatoms. The van der Waals surface area contributed by atoms with Gasteiger partial charge in [0.1, 0.15) is 0 Å². The number of pyridine rings is 1. The fourth-order valence-corrected chi connectivity index (χ4v) is 4.61. The molecule has 0 spiro atoms. The summed E-state index contributed by atoms with van der Waals surface area (Å²) >= 11 is 1.79. The third-order valence-electron chi connectivity index (χ3n) is 4.36. The summed E-state index contributed by atoms with van der Waals surface area (Å²) in [5, 5.41) is 9.25. The van der Waals surface area contributed by atoms with Gasteiger partial charge in [0, 0.05) is 28.5 Å². The van der Waals surface area contributed by atoms with Crippen molar-refractivity contribution in [3.05, 3.63) is 40.8 Å². The standard InChI is InChI=1S/C17H16N4S/c1-11-2-3-13-15(10-11)22-17-20-16(12-5-8-19-9-6-12)14(4-7-18)21(13)17/h5-6,8-9,11H,2-4,10H2,1H3. The number of aromatic nitrogens is 3. The molecule has 1 unspecified atom stereocenters. The van der Waals surface area contributed by atoms with Crippen LogP contribution in [0.3, 0.4) is 0 Å². The fraction of sp³-hybridized carbons (Fsp3) is 0.353. The van der Waals surface area contributed by atoms with E-state index < -0.39 is 0 Å². The lowest BCUT2D eigenvalue weighted by Crippen LogP contribution is -2.11. The molecule has 0 saturated carbocycles. The largest absolute Gasteiger partial charge is 0.290 e. The van der Waals surface area contributed by atoms with Crippen LogP contribution in [0.1, 0.15) is 29.6 Å². The lowest BCUT2D eigenvalue weighted by Gasteiger charge is -2.18. The maximum Gasteiger partial charge on any atom is 0.194 e. The lowest BCUT2D eigenvalue weighted by molar-refractivity contribution is 0.498. The van der Waals surface area contributed by atoms with E-state index in [0.717, 1.165) is 40.7 Å². The van der Waals surface area contributed by atoms with Gasteiger partial charge in [0.2, 0.25) is 0 Å². The number of imidazole rings is 1. The molecule has 0 bridgehead atoms. The van der Waals surface area contributed by atoms with Crippen molar-refractivity contribution < 1.29 is 0 Å². The Kier molecular flexibility index (Phi) is 3.20. The van der Waals surface area contributed by atoms with Gasteiger partial charge in [-0.05, 0) is 37.3 Å². The maximum atomic E-state index is 9.25. The van der Waals surface area contributed by atoms with E-state index in [1.165, 1.54) is 17.0 Å². The number of aryl methyl sites for hydroxylation is 1. The lowest BCUT2D eigenvalue weighted by atomic mass is 9.93. The van der Waals surface area contributed by atoms with Crippen molar-refractivity contribution in [1.29, 1.82) is 5.26 Å². The van der Waals surface area contributed by atoms with Crippen LogP contribution in [0.4, 0.5) is 0 Å². The molecule has 4 nitrogen and oxygen atoms in total. The Morgan fingerprint density at radius 1 is 1.41 bits per heavy atom. The molecule has 3 aromatic heterocycles. The van der Waals surface area contributed by atoms with E-state index >= 15 is 0 Å². The third kappa shape index (κ3) is 2.03. The number of rotatable bonds is 2. The Labute approximate surface area is 133 Å². The van der Waals surface area contributed by atoms with Gasteiger partial charge in [-0.2, -0.15) is 5.26 Å². The quantitative estimate of drug-likeness (QED) is 0.726. The minimum absolute atomic E-state index is 0.386. The van der Waals surface area contributed by atoms with Gasteiger partial charge in [-0.3, -0.25) is 9.38 Å². The average molecular weight is 308 g/mol. The summed E-state index contributed by atoms with van der Waals surface area (Å²) in [5.41, 5.74) is 4.36. The zero-order valence-corrected chi connectivity index (χ0v) is 13.2. The maximum absolute atomic E-state index is 9.25. The van der Waals surface area contributed by atoms with E-state index in [4.69, 9.17) is 4.98 Å². The minimum atomic E-state index is 0.386. The second-order valence-electron chi connectivity index (χ2n) is 5.92. The smallest absolute Gasteiger partial charge is 0.194 e. The summed E-state index contributed by atoms with van der Waals surface area (Å²) in [7, 11) is 0. The Hall–Kier alpha value is -2.19. The SMILES string of the molecule is CC1CCc2c(sc3nc(-c4ccncc4)c(CC#N)n23)C1. The van der Waals surface area contributed by atoms with Crippen molar-refractivity contribution in [3.8, 4) is 17.3 Å². The van der Waals surface area contributed by atoms with Crippen molar-refractivity contribution in [2.24, 2.45) is 5.92 Å². The van der Waals surface area contributed by atoms with E-state index in [2.05, 4.69) is 22.4 Å². The first-order valence-corrected chi connectivity index (χ1v) is 8.38. The summed E-state index contributed by atoms with van der Waals surface area (Å²) in [6, 6.07) is 6.23. The molecule has 3 heterocycles. The monoisotopic (exact) mass is 308 g/mol. The van der Waals surface area contributed by atoms with Gasteiger partial charge in [0.05, 0.1) is 23.9 Å². The Bertz CT molecular complexity index is 870. The predicted molar refractivity (Wildman–Crippen MR) is 86.8 cm³/mol. The van der Waals surface area contributed by atoms with Crippen LogP contribution < -0.4 is 0 Å². The molecule has 0 aromatic carbocycles. The summed E-state index contributed by atoms with van der Waals surface area (Å²) in [6.45, 7) is 2.31. The minimum Gasteiger partial charge on any atom is -0.290 e. The highest BCUT2D eigenvalue weighted by molar-refractivity contribution is 7.17. The van der Waals surface area contributed by atoms with E-state index in [9.17, 15) is 5.26 Å². The topological polar surface area (TPSA) is 54.0 Å². The molecular formula is C17H16N4S. The summed E-state index contributed by atoms with van der Waals surface area (Å²) in [5.74, 6) is 0.745. The zero-order chi connectivity index (χ0) is 15.1. The van der Waals surface area contributed by atoms with Gasteiger partial charge in [-0.25, -0.2) is 4.98 Å². The molecule has 3 aromatic rings. The molecule has 1 aliphatic rings. The molecule has 4 rings (SSSR count). The number of thiazole rings is 1. The first-order valence-electron chi connectivity index (χ1n) is 7.57. The fourth-order valence-electron chi connectivity index (χ4n) is 3.26. The van der Waals surface area contributed by atoms with Crippen molar-refractivity contribution in [2.45, 2.75) is 32.6 Å². The van der Waals surface area contributed by atoms with Crippen LogP contribution in [-0.2, 0) is 19.3 Å². The number of nitriles is 1. The van der Waals surface area contributed by atoms with Gasteiger partial charge in [0.25, 0.3) is 0 Å². The van der Waals surface area contributed by atoms with E-state index in [1.807, 2.05) is 12.1 Å². The average Bonchev–Trinajstić information content (AvgIpc) is 3.05. The zero-order valence-electron chi connectivity index (χ0n) is 12.4. The highest BCUT2D eigenvalue weighted by Crippen LogP contribution is 2.36. The molecule has 22 heavy (non-hydrogen) atoms. The van der Waals surface area contributed by atoms with Crippen LogP contribution in [0.5, 0.6) is 0 Å². The van der Waals surface area contributed by atoms with Gasteiger partial charge >= 0.3 is 0 Å². The normalized spacial score (nSPS) is 17.4. The number of hydrogen-bond acceptors (Lipinski definition) is 4. The number of nitrogens with zero attached hydrogens (tertiary/aromatic N) is 4. The molecule has 0 N–H and O–H groups in total. The molecule has 1 aliphatic carbocycles. The second-order valence-corrected chi connectivity index (χ2v) is 6.98. The highest BCUT2D eigenvalue weighted by atomic mass is 32.1. The molecule has 0 saturated heterocycles.